The van der Waals surface area contributed by atoms with E-state index < -0.39 is 10.0 Å². The van der Waals surface area contributed by atoms with Gasteiger partial charge in [-0.15, -0.1) is 0 Å². The Kier molecular flexibility index (Phi) is 6.87. The maximum absolute atomic E-state index is 13.0. The molecule has 1 N–H and O–H groups in total. The number of hydrogen-bond acceptors (Lipinski definition) is 7. The lowest BCUT2D eigenvalue weighted by Crippen LogP contribution is -2.54. The average Bonchev–Trinajstić information content (AvgIpc) is 3.53. The van der Waals surface area contributed by atoms with Crippen molar-refractivity contribution in [1.29, 1.82) is 0 Å². The van der Waals surface area contributed by atoms with Crippen molar-refractivity contribution in [2.75, 3.05) is 29.3 Å². The maximum Gasteiger partial charge on any atom is 0.263 e. The highest BCUT2D eigenvalue weighted by molar-refractivity contribution is 7.93. The van der Waals surface area contributed by atoms with Crippen LogP contribution in [0.2, 0.25) is 5.02 Å². The molecule has 1 saturated heterocycles. The molecule has 4 aromatic rings. The van der Waals surface area contributed by atoms with E-state index in [1.54, 1.807) is 24.3 Å². The maximum atomic E-state index is 13.0. The van der Waals surface area contributed by atoms with Gasteiger partial charge in [0.2, 0.25) is 11.0 Å². The number of aromatic nitrogens is 3. The van der Waals surface area contributed by atoms with Gasteiger partial charge >= 0.3 is 0 Å². The summed E-state index contributed by atoms with van der Waals surface area (Å²) in [6, 6.07) is 14.6. The molecule has 36 heavy (non-hydrogen) atoms. The molecule has 0 unspecified atom stereocenters. The fourth-order valence-corrected chi connectivity index (χ4v) is 6.50. The van der Waals surface area contributed by atoms with Gasteiger partial charge in [0.15, 0.2) is 0 Å². The summed E-state index contributed by atoms with van der Waals surface area (Å²) in [6.07, 6.45) is 3.67. The highest BCUT2D eigenvalue weighted by atomic mass is 35.5. The van der Waals surface area contributed by atoms with Gasteiger partial charge in [0.25, 0.3) is 10.0 Å². The molecule has 192 valence electrons. The first-order valence-corrected chi connectivity index (χ1v) is 14.1. The second kappa shape index (κ2) is 10.1. The van der Waals surface area contributed by atoms with Crippen LogP contribution < -0.4 is 9.62 Å². The summed E-state index contributed by atoms with van der Waals surface area (Å²) < 4.78 is 33.4. The van der Waals surface area contributed by atoms with Crippen molar-refractivity contribution in [3.05, 3.63) is 66.1 Å². The highest BCUT2D eigenvalue weighted by Gasteiger charge is 2.27. The predicted octanol–water partition coefficient (Wildman–Crippen LogP) is 4.57. The number of fused-ring (bicyclic) bond motifs is 1. The Bertz CT molecular complexity index is 1480. The molecule has 0 bridgehead atoms. The zero-order chi connectivity index (χ0) is 25.3. The fraction of sp³-hybridized carbons (Fsp3) is 0.292. The van der Waals surface area contributed by atoms with Crippen molar-refractivity contribution < 1.29 is 16.1 Å². The molecule has 1 aliphatic heterocycles. The van der Waals surface area contributed by atoms with E-state index in [0.717, 1.165) is 28.1 Å². The summed E-state index contributed by atoms with van der Waals surface area (Å²) in [5.41, 5.74) is 1.87. The van der Waals surface area contributed by atoms with Crippen LogP contribution >= 0.6 is 23.1 Å². The van der Waals surface area contributed by atoms with E-state index in [2.05, 4.69) is 19.0 Å². The van der Waals surface area contributed by atoms with E-state index in [-0.39, 0.29) is 24.8 Å². The molecule has 0 radical (unpaired) electrons. The molecule has 2 aromatic heterocycles. The number of para-hydroxylation sites is 1. The average molecular weight is 549 g/mol. The SMILES string of the molecule is C[C@H]1CN(c2ccc(S(=O)(=O)Nc3ncns3)cc2)CCN1C(=O)CCn1ccc2cccc(Cl)c21.[HH].[HH]. The third-order valence-corrected chi connectivity index (χ3v) is 8.72. The van der Waals surface area contributed by atoms with Gasteiger partial charge in [0.05, 0.1) is 15.4 Å². The number of piperazine rings is 1. The summed E-state index contributed by atoms with van der Waals surface area (Å²) in [6.45, 7) is 4.55. The van der Waals surface area contributed by atoms with Crippen molar-refractivity contribution in [2.45, 2.75) is 30.8 Å². The second-order valence-corrected chi connectivity index (χ2v) is 11.5. The molecule has 0 aliphatic carbocycles. The highest BCUT2D eigenvalue weighted by Crippen LogP contribution is 2.26. The van der Waals surface area contributed by atoms with Gasteiger partial charge in [-0.3, -0.25) is 9.52 Å². The van der Waals surface area contributed by atoms with Gasteiger partial charge in [-0.2, -0.15) is 4.37 Å². The number of hydrogen-bond donors (Lipinski definition) is 1. The van der Waals surface area contributed by atoms with Crippen LogP contribution in [0.1, 0.15) is 16.2 Å². The minimum atomic E-state index is -3.73. The van der Waals surface area contributed by atoms with Crippen LogP contribution in [-0.4, -0.2) is 58.8 Å². The number of rotatable bonds is 7. The smallest absolute Gasteiger partial charge is 0.263 e. The zero-order valence-corrected chi connectivity index (χ0v) is 21.9. The predicted molar refractivity (Wildman–Crippen MR) is 146 cm³/mol. The second-order valence-electron chi connectivity index (χ2n) is 8.66. The number of amides is 1. The molecule has 0 spiro atoms. The molecule has 12 heteroatoms. The minimum absolute atomic E-state index is 0. The lowest BCUT2D eigenvalue weighted by atomic mass is 10.1. The van der Waals surface area contributed by atoms with Gasteiger partial charge < -0.3 is 14.4 Å². The number of halogens is 1. The number of carbonyl (C=O) groups is 1. The van der Waals surface area contributed by atoms with Crippen LogP contribution in [0, 0.1) is 0 Å². The standard InChI is InChI=1S/C24H25ClN6O3S2.2H2/c1-17-15-30(19-5-7-20(8-6-19)36(33,34)28-24-26-16-27-35-24)13-14-31(17)22(32)10-12-29-11-9-18-3-2-4-21(25)23(18)29;;/h2-9,11,16-17H,10,12-15H2,1H3,(H,26,27,28);2*1H/t17-;;/m0../s1. The van der Waals surface area contributed by atoms with Crippen LogP contribution in [0.5, 0.6) is 0 Å². The first-order chi connectivity index (χ1) is 17.3. The number of sulfonamides is 1. The van der Waals surface area contributed by atoms with Crippen LogP contribution in [0.4, 0.5) is 10.8 Å². The Balaban J connectivity index is 0.00000200. The van der Waals surface area contributed by atoms with Crippen molar-refractivity contribution in [3.8, 4) is 0 Å². The number of aryl methyl sites for hydroxylation is 1. The molecule has 0 saturated carbocycles. The van der Waals surface area contributed by atoms with Crippen molar-refractivity contribution in [1.82, 2.24) is 18.8 Å². The van der Waals surface area contributed by atoms with Crippen LogP contribution in [0.3, 0.4) is 0 Å². The third-order valence-electron chi connectivity index (χ3n) is 6.35. The Hall–Kier alpha value is -3.15. The van der Waals surface area contributed by atoms with Crippen molar-refractivity contribution >= 4 is 60.8 Å². The number of carbonyl (C=O) groups excluding carboxylic acids is 1. The molecule has 1 amide bonds. The van der Waals surface area contributed by atoms with Gasteiger partial charge in [-0.1, -0.05) is 23.7 Å². The van der Waals surface area contributed by atoms with Gasteiger partial charge in [0.1, 0.15) is 6.33 Å². The summed E-state index contributed by atoms with van der Waals surface area (Å²) in [4.78, 5) is 21.1. The third kappa shape index (κ3) is 5.04. The number of anilines is 2. The minimum Gasteiger partial charge on any atom is -0.368 e. The molecular weight excluding hydrogens is 520 g/mol. The number of nitrogens with one attached hydrogen (secondary N) is 1. The Morgan fingerprint density at radius 1 is 1.19 bits per heavy atom. The van der Waals surface area contributed by atoms with Gasteiger partial charge in [-0.05, 0) is 43.3 Å². The molecule has 1 atom stereocenters. The monoisotopic (exact) mass is 548 g/mol. The van der Waals surface area contributed by atoms with E-state index in [4.69, 9.17) is 11.6 Å². The molecule has 5 rings (SSSR count). The van der Waals surface area contributed by atoms with Crippen molar-refractivity contribution in [3.63, 3.8) is 0 Å². The Morgan fingerprint density at radius 2 is 2.00 bits per heavy atom. The molecule has 9 nitrogen and oxygen atoms in total. The molecule has 3 heterocycles. The number of nitrogens with zero attached hydrogens (tertiary/aromatic N) is 5. The fourth-order valence-electron chi connectivity index (χ4n) is 4.55. The first kappa shape index (κ1) is 24.5. The topological polar surface area (TPSA) is 100 Å². The summed E-state index contributed by atoms with van der Waals surface area (Å²) in [5, 5.41) is 1.97. The lowest BCUT2D eigenvalue weighted by molar-refractivity contribution is -0.133. The Labute approximate surface area is 221 Å². The molecule has 1 aliphatic rings. The van der Waals surface area contributed by atoms with Crippen LogP contribution in [0.15, 0.2) is 66.0 Å². The van der Waals surface area contributed by atoms with E-state index in [1.165, 1.54) is 6.33 Å². The van der Waals surface area contributed by atoms with Gasteiger partial charge in [0, 0.05) is 70.3 Å². The van der Waals surface area contributed by atoms with Gasteiger partial charge in [-0.25, -0.2) is 13.4 Å². The summed E-state index contributed by atoms with van der Waals surface area (Å²) >= 11 is 7.35. The molecule has 1 fully saturated rings. The zero-order valence-electron chi connectivity index (χ0n) is 19.5. The summed E-state index contributed by atoms with van der Waals surface area (Å²) in [7, 11) is -3.73. The number of benzene rings is 2. The lowest BCUT2D eigenvalue weighted by Gasteiger charge is -2.41. The Morgan fingerprint density at radius 3 is 2.72 bits per heavy atom. The van der Waals surface area contributed by atoms with Crippen molar-refractivity contribution in [2.24, 2.45) is 0 Å². The van der Waals surface area contributed by atoms with E-state index in [0.29, 0.717) is 37.6 Å². The van der Waals surface area contributed by atoms with E-state index >= 15 is 0 Å². The molecular formula is C24H29ClN6O3S2. The molecule has 2 aromatic carbocycles. The first-order valence-electron chi connectivity index (χ1n) is 11.5. The van der Waals surface area contributed by atoms with Crippen LogP contribution in [0.25, 0.3) is 10.9 Å². The quantitative estimate of drug-likeness (QED) is 0.363. The van der Waals surface area contributed by atoms with Crippen LogP contribution in [-0.2, 0) is 21.4 Å². The largest absolute Gasteiger partial charge is 0.368 e. The summed E-state index contributed by atoms with van der Waals surface area (Å²) in [5.74, 6) is 0.111. The van der Waals surface area contributed by atoms with E-state index in [9.17, 15) is 13.2 Å². The van der Waals surface area contributed by atoms with E-state index in [1.807, 2.05) is 46.9 Å². The normalized spacial score (nSPS) is 16.4.